The van der Waals surface area contributed by atoms with Gasteiger partial charge in [0.15, 0.2) is 0 Å². The Morgan fingerprint density at radius 1 is 1.08 bits per heavy atom. The van der Waals surface area contributed by atoms with Crippen molar-refractivity contribution in [3.8, 4) is 0 Å². The third-order valence-corrected chi connectivity index (χ3v) is 8.15. The fourth-order valence-corrected chi connectivity index (χ4v) is 6.25. The zero-order chi connectivity index (χ0) is 25.3. The highest BCUT2D eigenvalue weighted by Crippen LogP contribution is 2.53. The molecule has 0 aromatic heterocycles. The number of allylic oxidation sites excluding steroid dienone is 1. The molecule has 1 spiro atoms. The number of cyclic esters (lactones) is 1. The molecule has 0 saturated carbocycles. The maximum absolute atomic E-state index is 14.1. The zero-order valence-corrected chi connectivity index (χ0v) is 20.9. The molecule has 5 aliphatic rings. The number of hydrogen-bond acceptors (Lipinski definition) is 8. The maximum atomic E-state index is 14.1. The summed E-state index contributed by atoms with van der Waals surface area (Å²) in [6.45, 7) is 6.32. The third kappa shape index (κ3) is 4.38. The highest BCUT2D eigenvalue weighted by molar-refractivity contribution is 5.99. The van der Waals surface area contributed by atoms with Gasteiger partial charge < -0.3 is 29.1 Å². The summed E-state index contributed by atoms with van der Waals surface area (Å²) in [4.78, 5) is 46.8. The fourth-order valence-electron chi connectivity index (χ4n) is 6.25. The lowest BCUT2D eigenvalue weighted by molar-refractivity contribution is -0.156. The van der Waals surface area contributed by atoms with E-state index in [0.29, 0.717) is 39.5 Å². The van der Waals surface area contributed by atoms with Crippen LogP contribution in [0.1, 0.15) is 26.2 Å². The smallest absolute Gasteiger partial charge is 0.312 e. The second-order valence-corrected chi connectivity index (χ2v) is 10.4. The largest absolute Gasteiger partial charge is 0.465 e. The number of fused-ring (bicyclic) bond motifs is 2. The number of esters is 1. The molecule has 5 rings (SSSR count). The molecule has 3 saturated heterocycles. The molecule has 1 unspecified atom stereocenters. The van der Waals surface area contributed by atoms with Crippen LogP contribution >= 0.6 is 0 Å². The lowest BCUT2D eigenvalue weighted by Crippen LogP contribution is -2.58. The lowest BCUT2D eigenvalue weighted by Gasteiger charge is -2.38. The number of nitrogens with zero attached hydrogens (tertiary/aromatic N) is 3. The molecule has 5 heterocycles. The van der Waals surface area contributed by atoms with E-state index in [0.717, 1.165) is 32.4 Å². The van der Waals surface area contributed by atoms with Crippen molar-refractivity contribution in [2.45, 2.75) is 50.0 Å². The molecule has 0 bridgehead atoms. The number of ether oxygens (including phenoxy) is 3. The van der Waals surface area contributed by atoms with E-state index in [1.807, 2.05) is 24.3 Å². The molecule has 3 fully saturated rings. The van der Waals surface area contributed by atoms with Crippen LogP contribution in [-0.4, -0.2) is 121 Å². The number of rotatable bonds is 5. The summed E-state index contributed by atoms with van der Waals surface area (Å²) in [6, 6.07) is -1.56. The molecule has 0 aromatic rings. The van der Waals surface area contributed by atoms with Gasteiger partial charge in [-0.25, -0.2) is 0 Å². The van der Waals surface area contributed by atoms with Crippen LogP contribution in [0.15, 0.2) is 24.3 Å². The molecule has 1 N–H and O–H groups in total. The molecular weight excluding hydrogens is 466 g/mol. The normalized spacial score (nSPS) is 37.1. The Kier molecular flexibility index (Phi) is 7.48. The number of aliphatic hydroxyl groups excluding tert-OH is 1. The van der Waals surface area contributed by atoms with E-state index in [2.05, 4.69) is 4.90 Å². The first-order valence-corrected chi connectivity index (χ1v) is 13.2. The molecule has 36 heavy (non-hydrogen) atoms. The van der Waals surface area contributed by atoms with Crippen molar-refractivity contribution in [3.05, 3.63) is 24.3 Å². The molecule has 0 aliphatic carbocycles. The van der Waals surface area contributed by atoms with E-state index in [4.69, 9.17) is 14.2 Å². The topological polar surface area (TPSA) is 109 Å². The first-order valence-electron chi connectivity index (χ1n) is 13.2. The molecule has 198 valence electrons. The Balaban J connectivity index is 1.48. The SMILES string of the molecule is C[C@H](CO)N1C(=O)[C@@H]2[C@@H]3C(=O)OCCCC/C=C\[C@@H]3O[C@@]23C=CCN(CCN2CCOCC2)C(=O)C13. The summed E-state index contributed by atoms with van der Waals surface area (Å²) >= 11 is 0. The molecule has 0 radical (unpaired) electrons. The van der Waals surface area contributed by atoms with Crippen LogP contribution in [0.3, 0.4) is 0 Å². The maximum Gasteiger partial charge on any atom is 0.312 e. The van der Waals surface area contributed by atoms with Crippen molar-refractivity contribution in [2.24, 2.45) is 11.8 Å². The van der Waals surface area contributed by atoms with Gasteiger partial charge in [-0.05, 0) is 26.2 Å². The number of morpholine rings is 1. The molecule has 10 heteroatoms. The second-order valence-electron chi connectivity index (χ2n) is 10.4. The number of carbonyl (C=O) groups excluding carboxylic acids is 3. The van der Waals surface area contributed by atoms with Crippen molar-refractivity contribution >= 4 is 17.8 Å². The Hall–Kier alpha value is -2.27. The van der Waals surface area contributed by atoms with Gasteiger partial charge >= 0.3 is 5.97 Å². The van der Waals surface area contributed by atoms with E-state index in [9.17, 15) is 19.5 Å². The van der Waals surface area contributed by atoms with E-state index in [-0.39, 0.29) is 18.4 Å². The number of aliphatic hydroxyl groups is 1. The van der Waals surface area contributed by atoms with Gasteiger partial charge in [0.05, 0.1) is 44.5 Å². The molecular formula is C26H37N3O7. The molecule has 0 aromatic carbocycles. The van der Waals surface area contributed by atoms with Crippen LogP contribution in [0.25, 0.3) is 0 Å². The molecule has 6 atom stereocenters. The minimum Gasteiger partial charge on any atom is -0.465 e. The van der Waals surface area contributed by atoms with Crippen LogP contribution in [-0.2, 0) is 28.6 Å². The minimum absolute atomic E-state index is 0.217. The Morgan fingerprint density at radius 3 is 2.67 bits per heavy atom. The fraction of sp³-hybridized carbons (Fsp3) is 0.731. The third-order valence-electron chi connectivity index (χ3n) is 8.15. The first-order chi connectivity index (χ1) is 17.5. The van der Waals surface area contributed by atoms with Gasteiger partial charge in [-0.3, -0.25) is 19.3 Å². The van der Waals surface area contributed by atoms with Crippen molar-refractivity contribution < 1.29 is 33.7 Å². The van der Waals surface area contributed by atoms with Gasteiger partial charge in [-0.2, -0.15) is 0 Å². The van der Waals surface area contributed by atoms with Gasteiger partial charge in [0, 0.05) is 32.7 Å². The van der Waals surface area contributed by atoms with Gasteiger partial charge in [0.25, 0.3) is 0 Å². The van der Waals surface area contributed by atoms with E-state index in [1.54, 1.807) is 11.8 Å². The average Bonchev–Trinajstić information content (AvgIpc) is 3.29. The van der Waals surface area contributed by atoms with Crippen LogP contribution in [0.2, 0.25) is 0 Å². The predicted octanol–water partition coefficient (Wildman–Crippen LogP) is -0.0381. The lowest BCUT2D eigenvalue weighted by atomic mass is 9.78. The second kappa shape index (κ2) is 10.6. The Labute approximate surface area is 211 Å². The monoisotopic (exact) mass is 503 g/mol. The Morgan fingerprint density at radius 2 is 1.89 bits per heavy atom. The molecule has 5 aliphatic heterocycles. The number of hydrogen-bond donors (Lipinski definition) is 1. The first kappa shape index (κ1) is 25.4. The van der Waals surface area contributed by atoms with Gasteiger partial charge in [-0.15, -0.1) is 0 Å². The van der Waals surface area contributed by atoms with E-state index < -0.39 is 41.6 Å². The highest BCUT2D eigenvalue weighted by atomic mass is 16.6. The predicted molar refractivity (Wildman–Crippen MR) is 129 cm³/mol. The molecule has 10 nitrogen and oxygen atoms in total. The Bertz CT molecular complexity index is 917. The van der Waals surface area contributed by atoms with Crippen LogP contribution in [0, 0.1) is 11.8 Å². The minimum atomic E-state index is -1.29. The average molecular weight is 504 g/mol. The van der Waals surface area contributed by atoms with Crippen molar-refractivity contribution in [2.75, 3.05) is 59.2 Å². The standard InChI is InChI=1S/C26H37N3O7/c1-18(17-30)29-22-24(32)28(11-10-27-12-15-34-16-13-27)9-6-8-26(22)21(23(29)31)20-19(36-26)7-4-2-3-5-14-35-25(20)33/h4,6-8,18-22,30H,2-3,5,9-17H2,1H3/b7-4-/t18-,19+,20-,21+,22?,26+/m1/s1. The van der Waals surface area contributed by atoms with Crippen molar-refractivity contribution in [1.29, 1.82) is 0 Å². The summed E-state index contributed by atoms with van der Waals surface area (Å²) in [5, 5.41) is 10.00. The number of amides is 2. The number of carbonyl (C=O) groups is 3. The summed E-state index contributed by atoms with van der Waals surface area (Å²) in [5.41, 5.74) is -1.29. The van der Waals surface area contributed by atoms with E-state index in [1.165, 1.54) is 4.90 Å². The van der Waals surface area contributed by atoms with Crippen LogP contribution in [0.5, 0.6) is 0 Å². The van der Waals surface area contributed by atoms with Crippen LogP contribution < -0.4 is 0 Å². The van der Waals surface area contributed by atoms with E-state index >= 15 is 0 Å². The summed E-state index contributed by atoms with van der Waals surface area (Å²) in [7, 11) is 0. The summed E-state index contributed by atoms with van der Waals surface area (Å²) in [5.74, 6) is -2.76. The molecule has 2 amide bonds. The number of likely N-dealkylation sites (tertiary alicyclic amines) is 1. The highest BCUT2D eigenvalue weighted by Gasteiger charge is 2.72. The van der Waals surface area contributed by atoms with Gasteiger partial charge in [0.1, 0.15) is 17.6 Å². The van der Waals surface area contributed by atoms with Gasteiger partial charge in [-0.1, -0.05) is 24.3 Å². The summed E-state index contributed by atoms with van der Waals surface area (Å²) < 4.78 is 17.6. The van der Waals surface area contributed by atoms with Crippen molar-refractivity contribution in [3.63, 3.8) is 0 Å². The zero-order valence-electron chi connectivity index (χ0n) is 20.9. The summed E-state index contributed by atoms with van der Waals surface area (Å²) in [6.07, 6.45) is 9.39. The van der Waals surface area contributed by atoms with Crippen LogP contribution in [0.4, 0.5) is 0 Å². The quantitative estimate of drug-likeness (QED) is 0.411. The van der Waals surface area contributed by atoms with Gasteiger partial charge in [0.2, 0.25) is 11.8 Å². The van der Waals surface area contributed by atoms with Crippen molar-refractivity contribution in [1.82, 2.24) is 14.7 Å².